The average Bonchev–Trinajstić information content (AvgIpc) is 2.33. The Bertz CT molecular complexity index is 286. The van der Waals surface area contributed by atoms with Crippen molar-refractivity contribution >= 4 is 11.8 Å². The van der Waals surface area contributed by atoms with Crippen LogP contribution in [0.15, 0.2) is 9.98 Å². The first-order chi connectivity index (χ1) is 6.74. The molecular weight excluding hydrogens is 178 g/mol. The normalized spacial score (nSPS) is 21.9. The maximum absolute atomic E-state index is 8.29. The fourth-order valence-electron chi connectivity index (χ4n) is 1.48. The summed E-state index contributed by atoms with van der Waals surface area (Å²) in [6.07, 6.45) is 6.07. The van der Waals surface area contributed by atoms with Gasteiger partial charge in [0.1, 0.15) is 5.84 Å². The summed E-state index contributed by atoms with van der Waals surface area (Å²) in [5, 5.41) is 8.29. The lowest BCUT2D eigenvalue weighted by molar-refractivity contribution is 0.495. The van der Waals surface area contributed by atoms with E-state index in [0.717, 1.165) is 25.2 Å². The zero-order valence-electron chi connectivity index (χ0n) is 8.40. The molecule has 0 amide bonds. The van der Waals surface area contributed by atoms with Crippen molar-refractivity contribution in [3.63, 3.8) is 0 Å². The van der Waals surface area contributed by atoms with Crippen LogP contribution in [0.1, 0.15) is 25.7 Å². The molecule has 1 aliphatic rings. The fourth-order valence-corrected chi connectivity index (χ4v) is 1.48. The lowest BCUT2D eigenvalue weighted by Crippen LogP contribution is -2.28. The third-order valence-electron chi connectivity index (χ3n) is 2.24. The second-order valence-corrected chi connectivity index (χ2v) is 3.33. The zero-order valence-corrected chi connectivity index (χ0v) is 8.40. The topological polar surface area (TPSA) is 77.8 Å². The number of hydrogen-bond donors (Lipinski definition) is 1. The molecule has 14 heavy (non-hydrogen) atoms. The Hall–Kier alpha value is -1.57. The average molecular weight is 193 g/mol. The van der Waals surface area contributed by atoms with E-state index in [4.69, 9.17) is 11.0 Å². The molecule has 76 valence electrons. The predicted octanol–water partition coefficient (Wildman–Crippen LogP) is 0.686. The first-order valence-electron chi connectivity index (χ1n) is 4.75. The summed E-state index contributed by atoms with van der Waals surface area (Å²) >= 11 is 0. The van der Waals surface area contributed by atoms with E-state index in [1.807, 2.05) is 7.05 Å². The smallest absolute Gasteiger partial charge is 0.232 e. The maximum Gasteiger partial charge on any atom is 0.232 e. The molecule has 5 heteroatoms. The van der Waals surface area contributed by atoms with Gasteiger partial charge in [0.25, 0.3) is 0 Å². The van der Waals surface area contributed by atoms with E-state index in [0.29, 0.717) is 0 Å². The maximum atomic E-state index is 8.29. The number of nitrogens with zero attached hydrogens (tertiary/aromatic N) is 4. The van der Waals surface area contributed by atoms with Gasteiger partial charge in [0.15, 0.2) is 0 Å². The van der Waals surface area contributed by atoms with Gasteiger partial charge >= 0.3 is 0 Å². The van der Waals surface area contributed by atoms with Crippen LogP contribution in [0.5, 0.6) is 0 Å². The highest BCUT2D eigenvalue weighted by molar-refractivity contribution is 5.95. The van der Waals surface area contributed by atoms with Crippen LogP contribution >= 0.6 is 0 Å². The Labute approximate surface area is 83.9 Å². The minimum atomic E-state index is 0.0521. The van der Waals surface area contributed by atoms with Crippen LogP contribution < -0.4 is 5.73 Å². The lowest BCUT2D eigenvalue weighted by Gasteiger charge is -2.17. The van der Waals surface area contributed by atoms with Gasteiger partial charge in [0.05, 0.1) is 0 Å². The van der Waals surface area contributed by atoms with Gasteiger partial charge in [0.2, 0.25) is 12.2 Å². The molecule has 0 aliphatic carbocycles. The van der Waals surface area contributed by atoms with Crippen LogP contribution in [0.4, 0.5) is 0 Å². The molecule has 1 rings (SSSR count). The summed E-state index contributed by atoms with van der Waals surface area (Å²) in [6.45, 7) is 0.999. The monoisotopic (exact) mass is 193 g/mol. The number of guanidine groups is 1. The van der Waals surface area contributed by atoms with Gasteiger partial charge in [-0.25, -0.2) is 0 Å². The molecule has 0 radical (unpaired) electrons. The molecule has 1 saturated heterocycles. The van der Waals surface area contributed by atoms with Crippen LogP contribution in [0.3, 0.4) is 0 Å². The third kappa shape index (κ3) is 3.05. The van der Waals surface area contributed by atoms with E-state index in [1.54, 1.807) is 6.19 Å². The predicted molar refractivity (Wildman–Crippen MR) is 55.8 cm³/mol. The number of nitriles is 1. The Kier molecular flexibility index (Phi) is 3.92. The lowest BCUT2D eigenvalue weighted by atomic mass is 10.2. The minimum Gasteiger partial charge on any atom is -0.367 e. The highest BCUT2D eigenvalue weighted by Crippen LogP contribution is 2.10. The number of aliphatic imine (C=N–C) groups is 2. The van der Waals surface area contributed by atoms with Crippen molar-refractivity contribution in [2.24, 2.45) is 15.7 Å². The molecule has 0 aromatic carbocycles. The third-order valence-corrected chi connectivity index (χ3v) is 2.24. The highest BCUT2D eigenvalue weighted by atomic mass is 15.2. The van der Waals surface area contributed by atoms with E-state index >= 15 is 0 Å². The molecule has 1 fully saturated rings. The fraction of sp³-hybridized carbons (Fsp3) is 0.667. The summed E-state index contributed by atoms with van der Waals surface area (Å²) in [4.78, 5) is 9.56. The Morgan fingerprint density at radius 1 is 1.50 bits per heavy atom. The van der Waals surface area contributed by atoms with Gasteiger partial charge < -0.3 is 10.6 Å². The molecule has 0 aromatic heterocycles. The van der Waals surface area contributed by atoms with Gasteiger partial charge in [0, 0.05) is 20.0 Å². The highest BCUT2D eigenvalue weighted by Gasteiger charge is 2.10. The van der Waals surface area contributed by atoms with E-state index in [1.165, 1.54) is 12.8 Å². The molecule has 1 heterocycles. The molecule has 1 aliphatic heterocycles. The molecule has 0 unspecified atom stereocenters. The number of nitrogens with two attached hydrogens (primary N) is 1. The van der Waals surface area contributed by atoms with E-state index in [-0.39, 0.29) is 5.96 Å². The van der Waals surface area contributed by atoms with Crippen molar-refractivity contribution in [1.29, 1.82) is 5.26 Å². The second kappa shape index (κ2) is 5.22. The quantitative estimate of drug-likeness (QED) is 0.349. The van der Waals surface area contributed by atoms with Crippen LogP contribution in [-0.2, 0) is 0 Å². The Morgan fingerprint density at radius 3 is 3.00 bits per heavy atom. The first kappa shape index (κ1) is 10.5. The summed E-state index contributed by atoms with van der Waals surface area (Å²) < 4.78 is 0. The largest absolute Gasteiger partial charge is 0.367 e. The van der Waals surface area contributed by atoms with E-state index in [9.17, 15) is 0 Å². The molecule has 0 atom stereocenters. The van der Waals surface area contributed by atoms with Gasteiger partial charge in [-0.1, -0.05) is 6.42 Å². The second-order valence-electron chi connectivity index (χ2n) is 3.33. The Balaban J connectivity index is 2.73. The van der Waals surface area contributed by atoms with Crippen molar-refractivity contribution in [3.05, 3.63) is 0 Å². The summed E-state index contributed by atoms with van der Waals surface area (Å²) in [7, 11) is 1.99. The molecule has 0 aromatic rings. The van der Waals surface area contributed by atoms with E-state index < -0.39 is 0 Å². The standard InChI is InChI=1S/C9H15N5/c1-14-6-4-2-3-5-8(14)13-9(11)12-7-10/h2-6H2,1H3,(H2,11,12)/b13-8-. The van der Waals surface area contributed by atoms with E-state index in [2.05, 4.69) is 14.9 Å². The van der Waals surface area contributed by atoms with Crippen LogP contribution in [0, 0.1) is 11.5 Å². The van der Waals surface area contributed by atoms with Crippen LogP contribution in [0.25, 0.3) is 0 Å². The number of likely N-dealkylation sites (tertiary alicyclic amines) is 1. The van der Waals surface area contributed by atoms with Gasteiger partial charge in [-0.3, -0.25) is 0 Å². The Morgan fingerprint density at radius 2 is 2.29 bits per heavy atom. The summed E-state index contributed by atoms with van der Waals surface area (Å²) in [5.41, 5.74) is 5.44. The number of rotatable bonds is 0. The van der Waals surface area contributed by atoms with Crippen molar-refractivity contribution < 1.29 is 0 Å². The summed E-state index contributed by atoms with van der Waals surface area (Å²) in [5.74, 6) is 0.982. The molecular formula is C9H15N5. The summed E-state index contributed by atoms with van der Waals surface area (Å²) in [6, 6.07) is 0. The molecule has 0 spiro atoms. The first-order valence-corrected chi connectivity index (χ1v) is 4.75. The van der Waals surface area contributed by atoms with Crippen molar-refractivity contribution in [3.8, 4) is 6.19 Å². The van der Waals surface area contributed by atoms with Crippen LogP contribution in [-0.4, -0.2) is 30.3 Å². The molecule has 5 nitrogen and oxygen atoms in total. The SMILES string of the molecule is CN1CCCCC/C1=N/C(N)=NC#N. The molecule has 0 bridgehead atoms. The van der Waals surface area contributed by atoms with Crippen molar-refractivity contribution in [2.75, 3.05) is 13.6 Å². The number of amidine groups is 1. The molecule has 0 saturated carbocycles. The minimum absolute atomic E-state index is 0.0521. The van der Waals surface area contributed by atoms with Crippen molar-refractivity contribution in [1.82, 2.24) is 4.90 Å². The number of hydrogen-bond acceptors (Lipinski definition) is 2. The van der Waals surface area contributed by atoms with Gasteiger partial charge in [-0.15, -0.1) is 4.99 Å². The van der Waals surface area contributed by atoms with Crippen molar-refractivity contribution in [2.45, 2.75) is 25.7 Å². The van der Waals surface area contributed by atoms with Gasteiger partial charge in [-0.05, 0) is 12.8 Å². The molecule has 2 N–H and O–H groups in total. The zero-order chi connectivity index (χ0) is 10.4. The van der Waals surface area contributed by atoms with Crippen LogP contribution in [0.2, 0.25) is 0 Å². The van der Waals surface area contributed by atoms with Gasteiger partial charge in [-0.2, -0.15) is 10.3 Å².